The van der Waals surface area contributed by atoms with Gasteiger partial charge in [0, 0.05) is 25.7 Å². The summed E-state index contributed by atoms with van der Waals surface area (Å²) in [6, 6.07) is 5.77. The van der Waals surface area contributed by atoms with E-state index in [4.69, 9.17) is 9.72 Å². The molecule has 0 radical (unpaired) electrons. The van der Waals surface area contributed by atoms with Crippen molar-refractivity contribution in [1.82, 2.24) is 28.6 Å². The molecule has 1 saturated carbocycles. The first kappa shape index (κ1) is 20.9. The van der Waals surface area contributed by atoms with Crippen LogP contribution < -0.4 is 0 Å². The third-order valence-corrected chi connectivity index (χ3v) is 8.63. The first-order valence-corrected chi connectivity index (χ1v) is 13.0. The number of nitrogens with zero attached hydrogens (tertiary/aromatic N) is 6. The topological polar surface area (TPSA) is 95.1 Å². The largest absolute Gasteiger partial charge is 0.379 e. The maximum absolute atomic E-state index is 13.0. The van der Waals surface area contributed by atoms with Crippen LogP contribution in [0.25, 0.3) is 11.0 Å². The standard InChI is InChI=1S/C20H26N6O3S2/c1-3-25-18-7-6-16(31(27,28)24-8-10-29-11-9-24)12-17(18)21-19(25)13-30-20-23-22-14(2)26(20)15-4-5-15/h6-7,12,15H,3-5,8-11,13H2,1-2H3. The maximum Gasteiger partial charge on any atom is 0.243 e. The van der Waals surface area contributed by atoms with E-state index in [-0.39, 0.29) is 4.90 Å². The fraction of sp³-hybridized carbons (Fsp3) is 0.550. The Morgan fingerprint density at radius 3 is 2.68 bits per heavy atom. The number of thioether (sulfide) groups is 1. The zero-order chi connectivity index (χ0) is 21.6. The monoisotopic (exact) mass is 462 g/mol. The Morgan fingerprint density at radius 2 is 1.97 bits per heavy atom. The number of fused-ring (bicyclic) bond motifs is 1. The molecule has 9 nitrogen and oxygen atoms in total. The predicted octanol–water partition coefficient (Wildman–Crippen LogP) is 2.60. The Hall–Kier alpha value is -1.95. The van der Waals surface area contributed by atoms with Crippen LogP contribution in [0.3, 0.4) is 0 Å². The zero-order valence-electron chi connectivity index (χ0n) is 17.7. The third-order valence-electron chi connectivity index (χ3n) is 5.80. The fourth-order valence-corrected chi connectivity index (χ4v) is 6.48. The van der Waals surface area contributed by atoms with Crippen LogP contribution in [0.2, 0.25) is 0 Å². The lowest BCUT2D eigenvalue weighted by atomic mass is 10.3. The van der Waals surface area contributed by atoms with Gasteiger partial charge in [-0.25, -0.2) is 13.4 Å². The van der Waals surface area contributed by atoms with Gasteiger partial charge in [-0.05, 0) is 44.9 Å². The van der Waals surface area contributed by atoms with Crippen LogP contribution in [0.4, 0.5) is 0 Å². The number of benzene rings is 1. The van der Waals surface area contributed by atoms with E-state index >= 15 is 0 Å². The molecule has 0 bridgehead atoms. The number of hydrogen-bond donors (Lipinski definition) is 0. The van der Waals surface area contributed by atoms with Crippen LogP contribution in [0.5, 0.6) is 0 Å². The molecule has 2 aromatic heterocycles. The molecule has 3 aromatic rings. The number of sulfonamides is 1. The molecule has 1 aliphatic heterocycles. The van der Waals surface area contributed by atoms with E-state index in [9.17, 15) is 8.42 Å². The number of imidazole rings is 1. The summed E-state index contributed by atoms with van der Waals surface area (Å²) in [5, 5.41) is 9.51. The minimum absolute atomic E-state index is 0.283. The van der Waals surface area contributed by atoms with Crippen LogP contribution in [0.1, 0.15) is 37.5 Å². The van der Waals surface area contributed by atoms with Crippen LogP contribution in [0.15, 0.2) is 28.3 Å². The van der Waals surface area contributed by atoms with Gasteiger partial charge in [-0.3, -0.25) is 0 Å². The van der Waals surface area contributed by atoms with Crippen molar-refractivity contribution in [3.05, 3.63) is 29.8 Å². The number of hydrogen-bond acceptors (Lipinski definition) is 7. The summed E-state index contributed by atoms with van der Waals surface area (Å²) in [6.45, 7) is 6.45. The lowest BCUT2D eigenvalue weighted by Gasteiger charge is -2.26. The molecule has 2 fully saturated rings. The second-order valence-corrected chi connectivity index (χ2v) is 10.7. The zero-order valence-corrected chi connectivity index (χ0v) is 19.3. The van der Waals surface area contributed by atoms with Crippen molar-refractivity contribution in [1.29, 1.82) is 0 Å². The van der Waals surface area contributed by atoms with Crippen molar-refractivity contribution < 1.29 is 13.2 Å². The molecule has 5 rings (SSSR count). The fourth-order valence-electron chi connectivity index (χ4n) is 4.05. The molecule has 166 valence electrons. The smallest absolute Gasteiger partial charge is 0.243 e. The highest BCUT2D eigenvalue weighted by Gasteiger charge is 2.29. The molecule has 1 aliphatic carbocycles. The lowest BCUT2D eigenvalue weighted by Crippen LogP contribution is -2.40. The number of rotatable bonds is 7. The molecule has 11 heteroatoms. The summed E-state index contributed by atoms with van der Waals surface area (Å²) in [4.78, 5) is 5.08. The summed E-state index contributed by atoms with van der Waals surface area (Å²) in [5.74, 6) is 2.51. The van der Waals surface area contributed by atoms with Crippen LogP contribution in [0, 0.1) is 6.92 Å². The second-order valence-electron chi connectivity index (χ2n) is 7.86. The van der Waals surface area contributed by atoms with Crippen LogP contribution in [-0.4, -0.2) is 63.3 Å². The molecular formula is C20H26N6O3S2. The molecule has 2 aliphatic rings. The van der Waals surface area contributed by atoms with Gasteiger partial charge >= 0.3 is 0 Å². The van der Waals surface area contributed by atoms with E-state index in [2.05, 4.69) is 26.3 Å². The van der Waals surface area contributed by atoms with Gasteiger partial charge in [0.25, 0.3) is 0 Å². The predicted molar refractivity (Wildman–Crippen MR) is 118 cm³/mol. The summed E-state index contributed by atoms with van der Waals surface area (Å²) < 4.78 is 37.2. The van der Waals surface area contributed by atoms with Gasteiger partial charge in [0.1, 0.15) is 11.6 Å². The molecular weight excluding hydrogens is 436 g/mol. The number of ether oxygens (including phenoxy) is 1. The summed E-state index contributed by atoms with van der Waals surface area (Å²) in [6.07, 6.45) is 2.36. The first-order chi connectivity index (χ1) is 15.0. The van der Waals surface area contributed by atoms with Crippen molar-refractivity contribution in [2.24, 2.45) is 0 Å². The molecule has 1 saturated heterocycles. The highest BCUT2D eigenvalue weighted by atomic mass is 32.2. The second kappa shape index (κ2) is 8.19. The van der Waals surface area contributed by atoms with Crippen molar-refractivity contribution in [3.8, 4) is 0 Å². The minimum atomic E-state index is -3.55. The summed E-state index contributed by atoms with van der Waals surface area (Å²) in [7, 11) is -3.55. The van der Waals surface area contributed by atoms with E-state index in [0.29, 0.717) is 43.6 Å². The summed E-state index contributed by atoms with van der Waals surface area (Å²) in [5.41, 5.74) is 1.64. The average Bonchev–Trinajstić information content (AvgIpc) is 3.45. The highest BCUT2D eigenvalue weighted by Crippen LogP contribution is 2.39. The van der Waals surface area contributed by atoms with E-state index < -0.39 is 10.0 Å². The molecule has 3 heterocycles. The molecule has 0 unspecified atom stereocenters. The third kappa shape index (κ3) is 3.88. The van der Waals surface area contributed by atoms with Crippen LogP contribution in [-0.2, 0) is 27.1 Å². The van der Waals surface area contributed by atoms with Gasteiger partial charge in [-0.1, -0.05) is 11.8 Å². The van der Waals surface area contributed by atoms with Gasteiger partial charge in [0.15, 0.2) is 5.16 Å². The Balaban J connectivity index is 1.43. The van der Waals surface area contributed by atoms with E-state index in [0.717, 1.165) is 28.9 Å². The van der Waals surface area contributed by atoms with Crippen molar-refractivity contribution in [2.75, 3.05) is 26.3 Å². The van der Waals surface area contributed by atoms with E-state index in [1.54, 1.807) is 23.9 Å². The minimum Gasteiger partial charge on any atom is -0.379 e. The van der Waals surface area contributed by atoms with E-state index in [1.165, 1.54) is 17.1 Å². The SMILES string of the molecule is CCn1c(CSc2nnc(C)n2C2CC2)nc2cc(S(=O)(=O)N3CCOCC3)ccc21. The highest BCUT2D eigenvalue weighted by molar-refractivity contribution is 7.98. The Kier molecular flexibility index (Phi) is 5.53. The maximum atomic E-state index is 13.0. The average molecular weight is 463 g/mol. The molecule has 0 atom stereocenters. The Morgan fingerprint density at radius 1 is 1.19 bits per heavy atom. The molecule has 0 N–H and O–H groups in total. The number of morpholine rings is 1. The van der Waals surface area contributed by atoms with Gasteiger partial charge in [0.2, 0.25) is 10.0 Å². The molecule has 1 aromatic carbocycles. The summed E-state index contributed by atoms with van der Waals surface area (Å²) >= 11 is 1.63. The Bertz CT molecular complexity index is 1210. The number of aromatic nitrogens is 5. The van der Waals surface area contributed by atoms with Gasteiger partial charge in [-0.2, -0.15) is 4.31 Å². The lowest BCUT2D eigenvalue weighted by molar-refractivity contribution is 0.0730. The van der Waals surface area contributed by atoms with Gasteiger partial charge < -0.3 is 13.9 Å². The first-order valence-electron chi connectivity index (χ1n) is 10.6. The Labute approximate surface area is 185 Å². The van der Waals surface area contributed by atoms with Gasteiger partial charge in [-0.15, -0.1) is 10.2 Å². The van der Waals surface area contributed by atoms with Crippen LogP contribution >= 0.6 is 11.8 Å². The van der Waals surface area contributed by atoms with Gasteiger partial charge in [0.05, 0.1) is 34.9 Å². The molecule has 31 heavy (non-hydrogen) atoms. The molecule has 0 spiro atoms. The number of aryl methyl sites for hydroxylation is 2. The van der Waals surface area contributed by atoms with Crippen molar-refractivity contribution in [2.45, 2.75) is 55.1 Å². The molecule has 0 amide bonds. The van der Waals surface area contributed by atoms with Crippen molar-refractivity contribution >= 4 is 32.8 Å². The van der Waals surface area contributed by atoms with Crippen molar-refractivity contribution in [3.63, 3.8) is 0 Å². The van der Waals surface area contributed by atoms with E-state index in [1.807, 2.05) is 13.0 Å². The quantitative estimate of drug-likeness (QED) is 0.498. The normalized spacial score (nSPS) is 18.1.